The van der Waals surface area contributed by atoms with E-state index in [0.29, 0.717) is 19.1 Å². The number of amides is 1. The molecule has 1 saturated heterocycles. The summed E-state index contributed by atoms with van der Waals surface area (Å²) in [4.78, 5) is 16.6. The number of hydrogen-bond acceptors (Lipinski definition) is 4. The highest BCUT2D eigenvalue weighted by atomic mass is 16.5. The maximum absolute atomic E-state index is 12.4. The Balaban J connectivity index is 2.62. The van der Waals surface area contributed by atoms with E-state index in [1.165, 1.54) is 0 Å². The number of nitrogens with two attached hydrogens (primary N) is 1. The molecule has 0 spiro atoms. The third kappa shape index (κ3) is 4.23. The van der Waals surface area contributed by atoms with E-state index in [1.807, 2.05) is 4.90 Å². The molecule has 18 heavy (non-hydrogen) atoms. The first-order valence-corrected chi connectivity index (χ1v) is 6.83. The maximum Gasteiger partial charge on any atom is 0.239 e. The summed E-state index contributed by atoms with van der Waals surface area (Å²) in [5, 5.41) is 0. The highest BCUT2D eigenvalue weighted by molar-refractivity contribution is 5.82. The number of nitrogens with zero attached hydrogens (tertiary/aromatic N) is 2. The van der Waals surface area contributed by atoms with Crippen molar-refractivity contribution in [2.24, 2.45) is 5.73 Å². The quantitative estimate of drug-likeness (QED) is 0.769. The van der Waals surface area contributed by atoms with E-state index in [2.05, 4.69) is 18.9 Å². The van der Waals surface area contributed by atoms with Crippen molar-refractivity contribution in [1.82, 2.24) is 9.80 Å². The van der Waals surface area contributed by atoms with Crippen LogP contribution < -0.4 is 5.73 Å². The maximum atomic E-state index is 12.4. The first-order valence-electron chi connectivity index (χ1n) is 6.83. The molecule has 1 rings (SSSR count). The van der Waals surface area contributed by atoms with E-state index < -0.39 is 6.04 Å². The number of carbonyl (C=O) groups excluding carboxylic acids is 1. The van der Waals surface area contributed by atoms with E-state index in [4.69, 9.17) is 10.5 Å². The molecule has 2 N–H and O–H groups in total. The number of carbonyl (C=O) groups is 1. The van der Waals surface area contributed by atoms with Gasteiger partial charge in [0.25, 0.3) is 0 Å². The molecule has 1 amide bonds. The van der Waals surface area contributed by atoms with Crippen LogP contribution in [0.15, 0.2) is 0 Å². The smallest absolute Gasteiger partial charge is 0.239 e. The molecule has 106 valence electrons. The van der Waals surface area contributed by atoms with Crippen LogP contribution in [0, 0.1) is 0 Å². The highest BCUT2D eigenvalue weighted by Gasteiger charge is 2.28. The van der Waals surface area contributed by atoms with Crippen LogP contribution in [0.2, 0.25) is 0 Å². The van der Waals surface area contributed by atoms with Gasteiger partial charge in [0.2, 0.25) is 5.91 Å². The number of hydrogen-bond donors (Lipinski definition) is 1. The minimum absolute atomic E-state index is 0.0780. The van der Waals surface area contributed by atoms with Crippen LogP contribution in [0.5, 0.6) is 0 Å². The first-order chi connectivity index (χ1) is 8.60. The normalized spacial score (nSPS) is 23.8. The highest BCUT2D eigenvalue weighted by Crippen LogP contribution is 2.13. The summed E-state index contributed by atoms with van der Waals surface area (Å²) in [5.41, 5.74) is 5.95. The van der Waals surface area contributed by atoms with Crippen molar-refractivity contribution in [3.63, 3.8) is 0 Å². The molecule has 1 fully saturated rings. The van der Waals surface area contributed by atoms with Crippen LogP contribution >= 0.6 is 0 Å². The SMILES string of the molecule is CCC1CN(C)CCCN1C(=O)C(N)CCOC. The largest absolute Gasteiger partial charge is 0.385 e. The Morgan fingerprint density at radius 2 is 2.22 bits per heavy atom. The minimum atomic E-state index is -0.428. The monoisotopic (exact) mass is 257 g/mol. The lowest BCUT2D eigenvalue weighted by molar-refractivity contribution is -0.135. The van der Waals surface area contributed by atoms with E-state index in [1.54, 1.807) is 7.11 Å². The summed E-state index contributed by atoms with van der Waals surface area (Å²) >= 11 is 0. The third-order valence-electron chi connectivity index (χ3n) is 3.61. The predicted molar refractivity (Wildman–Crippen MR) is 72.4 cm³/mol. The molecule has 1 heterocycles. The van der Waals surface area contributed by atoms with Gasteiger partial charge in [-0.1, -0.05) is 6.92 Å². The van der Waals surface area contributed by atoms with Gasteiger partial charge in [0.1, 0.15) is 0 Å². The minimum Gasteiger partial charge on any atom is -0.385 e. The third-order valence-corrected chi connectivity index (χ3v) is 3.61. The number of ether oxygens (including phenoxy) is 1. The fourth-order valence-corrected chi connectivity index (χ4v) is 2.46. The zero-order valence-electron chi connectivity index (χ0n) is 11.9. The van der Waals surface area contributed by atoms with Crippen LogP contribution in [-0.4, -0.2) is 68.2 Å². The Bertz CT molecular complexity index is 261. The van der Waals surface area contributed by atoms with E-state index in [9.17, 15) is 4.79 Å². The summed E-state index contributed by atoms with van der Waals surface area (Å²) < 4.78 is 4.99. The van der Waals surface area contributed by atoms with Gasteiger partial charge in [0.05, 0.1) is 6.04 Å². The standard InChI is InChI=1S/C13H27N3O2/c1-4-11-10-15(2)7-5-8-16(11)13(17)12(14)6-9-18-3/h11-12H,4-10,14H2,1-3H3. The van der Waals surface area contributed by atoms with Crippen LogP contribution in [0.3, 0.4) is 0 Å². The summed E-state index contributed by atoms with van der Waals surface area (Å²) in [6.07, 6.45) is 2.60. The molecule has 0 radical (unpaired) electrons. The van der Waals surface area contributed by atoms with Gasteiger partial charge in [-0.25, -0.2) is 0 Å². The van der Waals surface area contributed by atoms with Gasteiger partial charge in [-0.15, -0.1) is 0 Å². The fourth-order valence-electron chi connectivity index (χ4n) is 2.46. The van der Waals surface area contributed by atoms with Crippen molar-refractivity contribution in [3.8, 4) is 0 Å². The molecular formula is C13H27N3O2. The summed E-state index contributed by atoms with van der Waals surface area (Å²) in [5.74, 6) is 0.0780. The van der Waals surface area contributed by atoms with Crippen molar-refractivity contribution in [3.05, 3.63) is 0 Å². The fraction of sp³-hybridized carbons (Fsp3) is 0.923. The molecule has 2 unspecified atom stereocenters. The van der Waals surface area contributed by atoms with Crippen LogP contribution in [0.4, 0.5) is 0 Å². The summed E-state index contributed by atoms with van der Waals surface area (Å²) in [6.45, 7) is 5.48. The van der Waals surface area contributed by atoms with Gasteiger partial charge in [0.15, 0.2) is 0 Å². The Hall–Kier alpha value is -0.650. The Labute approximate surface area is 110 Å². The summed E-state index contributed by atoms with van der Waals surface area (Å²) in [6, 6.07) is -0.138. The molecular weight excluding hydrogens is 230 g/mol. The second-order valence-corrected chi connectivity index (χ2v) is 5.10. The molecule has 0 aromatic carbocycles. The average Bonchev–Trinajstić information content (AvgIpc) is 2.56. The van der Waals surface area contributed by atoms with Crippen molar-refractivity contribution in [2.75, 3.05) is 40.4 Å². The molecule has 5 nitrogen and oxygen atoms in total. The van der Waals surface area contributed by atoms with Gasteiger partial charge in [-0.3, -0.25) is 4.79 Å². The van der Waals surface area contributed by atoms with Gasteiger partial charge < -0.3 is 20.3 Å². The van der Waals surface area contributed by atoms with Crippen LogP contribution in [0.25, 0.3) is 0 Å². The van der Waals surface area contributed by atoms with E-state index in [0.717, 1.165) is 32.5 Å². The molecule has 0 aromatic rings. The second kappa shape index (κ2) is 7.71. The zero-order valence-corrected chi connectivity index (χ0v) is 11.9. The number of likely N-dealkylation sites (N-methyl/N-ethyl adjacent to an activating group) is 1. The van der Waals surface area contributed by atoms with Gasteiger partial charge in [-0.05, 0) is 32.9 Å². The number of methoxy groups -OCH3 is 1. The molecule has 0 bridgehead atoms. The predicted octanol–water partition coefficient (Wildman–Crippen LogP) is 0.293. The molecule has 2 atom stereocenters. The van der Waals surface area contributed by atoms with E-state index >= 15 is 0 Å². The Morgan fingerprint density at radius 1 is 1.50 bits per heavy atom. The first kappa shape index (κ1) is 15.4. The van der Waals surface area contributed by atoms with Crippen molar-refractivity contribution < 1.29 is 9.53 Å². The Morgan fingerprint density at radius 3 is 2.83 bits per heavy atom. The Kier molecular flexibility index (Phi) is 6.60. The van der Waals surface area contributed by atoms with Crippen molar-refractivity contribution >= 4 is 5.91 Å². The summed E-state index contributed by atoms with van der Waals surface area (Å²) in [7, 11) is 3.74. The van der Waals surface area contributed by atoms with Crippen LogP contribution in [0.1, 0.15) is 26.2 Å². The molecule has 1 aliphatic rings. The van der Waals surface area contributed by atoms with Gasteiger partial charge >= 0.3 is 0 Å². The van der Waals surface area contributed by atoms with Crippen molar-refractivity contribution in [2.45, 2.75) is 38.3 Å². The second-order valence-electron chi connectivity index (χ2n) is 5.10. The lowest BCUT2D eigenvalue weighted by atomic mass is 10.1. The van der Waals surface area contributed by atoms with E-state index in [-0.39, 0.29) is 5.91 Å². The molecule has 0 saturated carbocycles. The zero-order chi connectivity index (χ0) is 13.5. The average molecular weight is 257 g/mol. The lowest BCUT2D eigenvalue weighted by Gasteiger charge is -2.32. The molecule has 0 aliphatic carbocycles. The lowest BCUT2D eigenvalue weighted by Crippen LogP contribution is -2.50. The molecule has 1 aliphatic heterocycles. The van der Waals surface area contributed by atoms with Gasteiger partial charge in [-0.2, -0.15) is 0 Å². The van der Waals surface area contributed by atoms with Gasteiger partial charge in [0, 0.05) is 32.8 Å². The number of rotatable bonds is 5. The van der Waals surface area contributed by atoms with Crippen LogP contribution in [-0.2, 0) is 9.53 Å². The molecule has 0 aromatic heterocycles. The topological polar surface area (TPSA) is 58.8 Å². The van der Waals surface area contributed by atoms with Crippen molar-refractivity contribution in [1.29, 1.82) is 0 Å². The molecule has 5 heteroatoms.